The van der Waals surface area contributed by atoms with E-state index in [9.17, 15) is 14.4 Å². The fourth-order valence-electron chi connectivity index (χ4n) is 3.11. The van der Waals surface area contributed by atoms with Gasteiger partial charge in [0.1, 0.15) is 5.84 Å². The first kappa shape index (κ1) is 23.4. The van der Waals surface area contributed by atoms with Crippen molar-refractivity contribution in [2.24, 2.45) is 10.7 Å². The highest BCUT2D eigenvalue weighted by Crippen LogP contribution is 2.14. The third kappa shape index (κ3) is 7.43. The predicted molar refractivity (Wildman–Crippen MR) is 129 cm³/mol. The van der Waals surface area contributed by atoms with Crippen LogP contribution in [0.15, 0.2) is 89.9 Å². The van der Waals surface area contributed by atoms with Gasteiger partial charge < -0.3 is 16.4 Å². The van der Waals surface area contributed by atoms with Crippen LogP contribution in [0.3, 0.4) is 0 Å². The van der Waals surface area contributed by atoms with Crippen LogP contribution in [0.25, 0.3) is 0 Å². The van der Waals surface area contributed by atoms with Gasteiger partial charge in [0.15, 0.2) is 0 Å². The molecule has 0 radical (unpaired) electrons. The third-order valence-corrected chi connectivity index (χ3v) is 4.87. The van der Waals surface area contributed by atoms with E-state index in [1.54, 1.807) is 60.7 Å². The molecule has 0 spiro atoms. The molecule has 3 amide bonds. The van der Waals surface area contributed by atoms with Gasteiger partial charge in [0.2, 0.25) is 5.91 Å². The van der Waals surface area contributed by atoms with Crippen LogP contribution in [-0.2, 0) is 0 Å². The Morgan fingerprint density at radius 1 is 0.697 bits per heavy atom. The van der Waals surface area contributed by atoms with E-state index in [-0.39, 0.29) is 11.8 Å². The van der Waals surface area contributed by atoms with Gasteiger partial charge in [0.05, 0.1) is 5.69 Å². The predicted octanol–water partition coefficient (Wildman–Crippen LogP) is 3.85. The van der Waals surface area contributed by atoms with E-state index < -0.39 is 5.91 Å². The fraction of sp³-hybridized carbons (Fsp3) is 0.154. The normalized spacial score (nSPS) is 11.0. The number of carbonyl (C=O) groups is 3. The number of primary amides is 1. The number of rotatable bonds is 9. The Morgan fingerprint density at radius 3 is 1.85 bits per heavy atom. The number of nitrogens with zero attached hydrogens (tertiary/aromatic N) is 1. The number of nitrogens with one attached hydrogen (secondary N) is 2. The molecule has 33 heavy (non-hydrogen) atoms. The molecule has 7 nitrogen and oxygen atoms in total. The van der Waals surface area contributed by atoms with Gasteiger partial charge in [0, 0.05) is 29.7 Å². The van der Waals surface area contributed by atoms with Crippen LogP contribution in [0.1, 0.15) is 50.3 Å². The SMILES string of the molecule is NC(=O)c1ccc(N=C(CCCCNC(=O)c2ccccc2)NC(=O)c2ccccc2)cc1. The Hall–Kier alpha value is -4.26. The van der Waals surface area contributed by atoms with Crippen molar-refractivity contribution in [3.63, 3.8) is 0 Å². The average Bonchev–Trinajstić information content (AvgIpc) is 2.85. The van der Waals surface area contributed by atoms with E-state index in [1.165, 1.54) is 0 Å². The maximum Gasteiger partial charge on any atom is 0.256 e. The molecular formula is C26H26N4O3. The van der Waals surface area contributed by atoms with Crippen LogP contribution < -0.4 is 16.4 Å². The number of carbonyl (C=O) groups excluding carboxylic acids is 3. The fourth-order valence-corrected chi connectivity index (χ4v) is 3.11. The number of aliphatic imine (C=N–C) groups is 1. The molecule has 0 unspecified atom stereocenters. The summed E-state index contributed by atoms with van der Waals surface area (Å²) >= 11 is 0. The van der Waals surface area contributed by atoms with E-state index in [0.717, 1.165) is 6.42 Å². The minimum atomic E-state index is -0.513. The number of hydrogen-bond acceptors (Lipinski definition) is 4. The first-order chi connectivity index (χ1) is 16.0. The van der Waals surface area contributed by atoms with Gasteiger partial charge in [-0.3, -0.25) is 14.4 Å². The Labute approximate surface area is 192 Å². The number of unbranched alkanes of at least 4 members (excludes halogenated alkanes) is 1. The molecule has 0 atom stereocenters. The number of nitrogens with two attached hydrogens (primary N) is 1. The van der Waals surface area contributed by atoms with E-state index in [0.29, 0.717) is 47.6 Å². The number of hydrogen-bond donors (Lipinski definition) is 3. The van der Waals surface area contributed by atoms with Crippen LogP contribution in [0.5, 0.6) is 0 Å². The molecular weight excluding hydrogens is 416 g/mol. The molecule has 0 fully saturated rings. The molecule has 0 saturated carbocycles. The van der Waals surface area contributed by atoms with Crippen molar-refractivity contribution in [1.29, 1.82) is 0 Å². The zero-order chi connectivity index (χ0) is 23.5. The van der Waals surface area contributed by atoms with Crippen LogP contribution in [0.4, 0.5) is 5.69 Å². The van der Waals surface area contributed by atoms with Crippen molar-refractivity contribution < 1.29 is 14.4 Å². The highest BCUT2D eigenvalue weighted by molar-refractivity contribution is 6.07. The summed E-state index contributed by atoms with van der Waals surface area (Å²) in [6.07, 6.45) is 1.94. The van der Waals surface area contributed by atoms with Gasteiger partial charge in [-0.2, -0.15) is 0 Å². The minimum Gasteiger partial charge on any atom is -0.366 e. The lowest BCUT2D eigenvalue weighted by Crippen LogP contribution is -2.30. The van der Waals surface area contributed by atoms with Gasteiger partial charge in [-0.1, -0.05) is 36.4 Å². The molecule has 3 aromatic carbocycles. The summed E-state index contributed by atoms with van der Waals surface area (Å²) in [5.41, 5.74) is 7.42. The highest BCUT2D eigenvalue weighted by atomic mass is 16.2. The average molecular weight is 443 g/mol. The van der Waals surface area contributed by atoms with Crippen LogP contribution in [0, 0.1) is 0 Å². The summed E-state index contributed by atoms with van der Waals surface area (Å²) in [4.78, 5) is 40.6. The molecule has 3 rings (SSSR count). The maximum atomic E-state index is 12.6. The van der Waals surface area contributed by atoms with Crippen molar-refractivity contribution in [2.75, 3.05) is 6.54 Å². The van der Waals surface area contributed by atoms with Crippen molar-refractivity contribution in [2.45, 2.75) is 19.3 Å². The van der Waals surface area contributed by atoms with Crippen molar-refractivity contribution in [3.05, 3.63) is 102 Å². The van der Waals surface area contributed by atoms with Gasteiger partial charge >= 0.3 is 0 Å². The Morgan fingerprint density at radius 2 is 1.27 bits per heavy atom. The van der Waals surface area contributed by atoms with Crippen LogP contribution >= 0.6 is 0 Å². The highest BCUT2D eigenvalue weighted by Gasteiger charge is 2.10. The number of amides is 3. The summed E-state index contributed by atoms with van der Waals surface area (Å²) in [5, 5.41) is 5.77. The molecule has 0 aromatic heterocycles. The second kappa shape index (κ2) is 12.0. The lowest BCUT2D eigenvalue weighted by Gasteiger charge is -2.10. The first-order valence-corrected chi connectivity index (χ1v) is 10.7. The first-order valence-electron chi connectivity index (χ1n) is 10.7. The van der Waals surface area contributed by atoms with Gasteiger partial charge in [-0.25, -0.2) is 4.99 Å². The Bertz CT molecular complexity index is 1110. The Balaban J connectivity index is 1.60. The molecule has 0 heterocycles. The number of benzene rings is 3. The standard InChI is InChI=1S/C26H26N4O3/c27-24(31)19-14-16-22(17-15-19)29-23(30-26(33)21-11-5-2-6-12-21)13-7-8-18-28-25(32)20-9-3-1-4-10-20/h1-6,9-12,14-17H,7-8,13,18H2,(H2,27,31)(H,28,32)(H,29,30,33). The lowest BCUT2D eigenvalue weighted by atomic mass is 10.1. The second-order valence-corrected chi connectivity index (χ2v) is 7.37. The summed E-state index contributed by atoms with van der Waals surface area (Å²) in [5.74, 6) is -0.373. The van der Waals surface area contributed by atoms with Gasteiger partial charge in [-0.05, 0) is 61.4 Å². The molecule has 168 valence electrons. The zero-order valence-corrected chi connectivity index (χ0v) is 18.2. The molecule has 3 aromatic rings. The van der Waals surface area contributed by atoms with Crippen LogP contribution in [-0.4, -0.2) is 30.1 Å². The number of amidine groups is 1. The zero-order valence-electron chi connectivity index (χ0n) is 18.2. The van der Waals surface area contributed by atoms with E-state index in [2.05, 4.69) is 15.6 Å². The molecule has 0 aliphatic heterocycles. The van der Waals surface area contributed by atoms with Crippen LogP contribution in [0.2, 0.25) is 0 Å². The van der Waals surface area contributed by atoms with Crippen molar-refractivity contribution in [1.82, 2.24) is 10.6 Å². The van der Waals surface area contributed by atoms with Gasteiger partial charge in [-0.15, -0.1) is 0 Å². The topological polar surface area (TPSA) is 114 Å². The third-order valence-electron chi connectivity index (χ3n) is 4.87. The second-order valence-electron chi connectivity index (χ2n) is 7.37. The molecule has 4 N–H and O–H groups in total. The summed E-state index contributed by atoms with van der Waals surface area (Å²) in [6, 6.07) is 24.5. The monoisotopic (exact) mass is 442 g/mol. The molecule has 7 heteroatoms. The molecule has 0 aliphatic carbocycles. The van der Waals surface area contributed by atoms with Crippen molar-refractivity contribution in [3.8, 4) is 0 Å². The summed E-state index contributed by atoms with van der Waals surface area (Å²) in [6.45, 7) is 0.515. The summed E-state index contributed by atoms with van der Waals surface area (Å²) < 4.78 is 0. The van der Waals surface area contributed by atoms with E-state index in [4.69, 9.17) is 5.73 Å². The maximum absolute atomic E-state index is 12.6. The molecule has 0 bridgehead atoms. The van der Waals surface area contributed by atoms with Crippen molar-refractivity contribution >= 4 is 29.2 Å². The van der Waals surface area contributed by atoms with E-state index >= 15 is 0 Å². The Kier molecular flexibility index (Phi) is 8.48. The minimum absolute atomic E-state index is 0.114. The largest absolute Gasteiger partial charge is 0.366 e. The smallest absolute Gasteiger partial charge is 0.256 e. The molecule has 0 saturated heterocycles. The quantitative estimate of drug-likeness (QED) is 0.266. The summed E-state index contributed by atoms with van der Waals surface area (Å²) in [7, 11) is 0. The molecule has 0 aliphatic rings. The lowest BCUT2D eigenvalue weighted by molar-refractivity contribution is 0.0950. The van der Waals surface area contributed by atoms with E-state index in [1.807, 2.05) is 24.3 Å². The van der Waals surface area contributed by atoms with Gasteiger partial charge in [0.25, 0.3) is 11.8 Å².